The van der Waals surface area contributed by atoms with Crippen LogP contribution in [0.4, 0.5) is 10.1 Å². The summed E-state index contributed by atoms with van der Waals surface area (Å²) in [5.41, 5.74) is 1.63. The van der Waals surface area contributed by atoms with E-state index in [0.717, 1.165) is 5.69 Å². The number of nitrogens with zero attached hydrogens (tertiary/aromatic N) is 6. The van der Waals surface area contributed by atoms with Gasteiger partial charge < -0.3 is 9.80 Å². The van der Waals surface area contributed by atoms with Gasteiger partial charge in [-0.1, -0.05) is 23.7 Å². The van der Waals surface area contributed by atoms with Crippen LogP contribution in [0.25, 0.3) is 11.4 Å². The summed E-state index contributed by atoms with van der Waals surface area (Å²) < 4.78 is 13.1. The molecule has 4 rings (SSSR count). The van der Waals surface area contributed by atoms with Gasteiger partial charge in [0.15, 0.2) is 0 Å². The maximum atomic E-state index is 13.1. The Bertz CT molecular complexity index is 969. The maximum Gasteiger partial charge on any atom is 0.246 e. The molecule has 3 aromatic rings. The number of piperazine rings is 1. The first kappa shape index (κ1) is 18.4. The highest BCUT2D eigenvalue weighted by molar-refractivity contribution is 6.33. The Hall–Kier alpha value is -3.00. The lowest BCUT2D eigenvalue weighted by molar-refractivity contribution is -0.132. The van der Waals surface area contributed by atoms with Gasteiger partial charge in [-0.05, 0) is 41.6 Å². The molecule has 0 N–H and O–H groups in total. The first-order chi connectivity index (χ1) is 13.6. The molecule has 9 heteroatoms. The summed E-state index contributed by atoms with van der Waals surface area (Å²) in [5.74, 6) is 0.0652. The molecule has 0 saturated carbocycles. The minimum absolute atomic E-state index is 0.0218. The van der Waals surface area contributed by atoms with E-state index in [0.29, 0.717) is 42.6 Å². The van der Waals surface area contributed by atoms with Crippen molar-refractivity contribution in [2.24, 2.45) is 0 Å². The van der Waals surface area contributed by atoms with Gasteiger partial charge >= 0.3 is 0 Å². The molecule has 1 aliphatic heterocycles. The van der Waals surface area contributed by atoms with Gasteiger partial charge in [0.1, 0.15) is 12.4 Å². The number of aromatic nitrogens is 4. The number of anilines is 1. The van der Waals surface area contributed by atoms with Crippen LogP contribution in [0, 0.1) is 5.82 Å². The van der Waals surface area contributed by atoms with Crippen molar-refractivity contribution in [3.8, 4) is 11.4 Å². The Labute approximate surface area is 166 Å². The van der Waals surface area contributed by atoms with E-state index >= 15 is 0 Å². The smallest absolute Gasteiger partial charge is 0.246 e. The second-order valence-corrected chi connectivity index (χ2v) is 6.87. The van der Waals surface area contributed by atoms with Crippen molar-refractivity contribution in [3.63, 3.8) is 0 Å². The lowest BCUT2D eigenvalue weighted by atomic mass is 10.2. The minimum Gasteiger partial charge on any atom is -0.368 e. The van der Waals surface area contributed by atoms with Gasteiger partial charge in [0.05, 0.1) is 5.02 Å². The first-order valence-electron chi connectivity index (χ1n) is 8.91. The van der Waals surface area contributed by atoms with Gasteiger partial charge in [0.25, 0.3) is 0 Å². The predicted molar refractivity (Wildman–Crippen MR) is 103 cm³/mol. The second-order valence-electron chi connectivity index (χ2n) is 6.47. The Morgan fingerprint density at radius 2 is 1.75 bits per heavy atom. The van der Waals surface area contributed by atoms with Crippen molar-refractivity contribution in [2.75, 3.05) is 31.1 Å². The molecule has 0 unspecified atom stereocenters. The third kappa shape index (κ3) is 3.96. The lowest BCUT2D eigenvalue weighted by Gasteiger charge is -2.36. The molecule has 1 fully saturated rings. The van der Waals surface area contributed by atoms with Crippen LogP contribution >= 0.6 is 11.6 Å². The zero-order chi connectivity index (χ0) is 19.5. The third-order valence-corrected chi connectivity index (χ3v) is 5.00. The van der Waals surface area contributed by atoms with E-state index in [1.165, 1.54) is 16.9 Å². The highest BCUT2D eigenvalue weighted by Gasteiger charge is 2.22. The Morgan fingerprint density at radius 1 is 1.04 bits per heavy atom. The molecule has 1 amide bonds. The summed E-state index contributed by atoms with van der Waals surface area (Å²) in [6, 6.07) is 13.6. The van der Waals surface area contributed by atoms with E-state index in [9.17, 15) is 9.18 Å². The molecular weight excluding hydrogens is 383 g/mol. The molecular formula is C19H18ClFN6O. The van der Waals surface area contributed by atoms with Crippen LogP contribution in [0.2, 0.25) is 5.02 Å². The van der Waals surface area contributed by atoms with Crippen LogP contribution in [0.1, 0.15) is 0 Å². The second kappa shape index (κ2) is 7.93. The predicted octanol–water partition coefficient (Wildman–Crippen LogP) is 2.48. The van der Waals surface area contributed by atoms with Crippen molar-refractivity contribution in [3.05, 3.63) is 59.4 Å². The molecule has 0 bridgehead atoms. The van der Waals surface area contributed by atoms with E-state index in [1.54, 1.807) is 29.2 Å². The van der Waals surface area contributed by atoms with Gasteiger partial charge in [0, 0.05) is 37.4 Å². The van der Waals surface area contributed by atoms with Crippen LogP contribution in [-0.4, -0.2) is 57.2 Å². The molecule has 0 aliphatic carbocycles. The summed E-state index contributed by atoms with van der Waals surface area (Å²) in [4.78, 5) is 17.8. The molecule has 7 nitrogen and oxygen atoms in total. The zero-order valence-electron chi connectivity index (χ0n) is 15.0. The number of amides is 1. The zero-order valence-corrected chi connectivity index (χ0v) is 15.8. The Morgan fingerprint density at radius 3 is 2.46 bits per heavy atom. The fourth-order valence-corrected chi connectivity index (χ4v) is 3.37. The van der Waals surface area contributed by atoms with E-state index in [-0.39, 0.29) is 18.3 Å². The van der Waals surface area contributed by atoms with Crippen molar-refractivity contribution < 1.29 is 9.18 Å². The molecule has 0 spiro atoms. The van der Waals surface area contributed by atoms with Crippen LogP contribution in [-0.2, 0) is 11.3 Å². The molecule has 1 aromatic heterocycles. The van der Waals surface area contributed by atoms with Crippen molar-refractivity contribution in [2.45, 2.75) is 6.54 Å². The molecule has 2 heterocycles. The van der Waals surface area contributed by atoms with Gasteiger partial charge in [-0.15, -0.1) is 10.2 Å². The van der Waals surface area contributed by atoms with Crippen LogP contribution in [0.3, 0.4) is 0 Å². The van der Waals surface area contributed by atoms with Crippen molar-refractivity contribution >= 4 is 23.2 Å². The molecule has 144 valence electrons. The average molecular weight is 401 g/mol. The number of rotatable bonds is 4. The third-order valence-electron chi connectivity index (χ3n) is 4.67. The molecule has 1 saturated heterocycles. The number of hydrogen-bond acceptors (Lipinski definition) is 5. The van der Waals surface area contributed by atoms with Crippen LogP contribution < -0.4 is 4.90 Å². The largest absolute Gasteiger partial charge is 0.368 e. The van der Waals surface area contributed by atoms with Crippen molar-refractivity contribution in [1.29, 1.82) is 0 Å². The monoisotopic (exact) mass is 400 g/mol. The molecule has 2 aromatic carbocycles. The quantitative estimate of drug-likeness (QED) is 0.673. The van der Waals surface area contributed by atoms with E-state index in [1.807, 2.05) is 12.1 Å². The van der Waals surface area contributed by atoms with Gasteiger partial charge in [-0.2, -0.15) is 4.80 Å². The summed E-state index contributed by atoms with van der Waals surface area (Å²) in [6.45, 7) is 2.57. The van der Waals surface area contributed by atoms with E-state index in [2.05, 4.69) is 20.3 Å². The summed E-state index contributed by atoms with van der Waals surface area (Å²) in [6.07, 6.45) is 0. The molecule has 0 atom stereocenters. The van der Waals surface area contributed by atoms with Gasteiger partial charge in [0.2, 0.25) is 11.7 Å². The number of hydrogen-bond donors (Lipinski definition) is 0. The first-order valence-corrected chi connectivity index (χ1v) is 9.29. The SMILES string of the molecule is O=C(Cn1nnc(-c2ccccc2Cl)n1)N1CCN(c2ccc(F)cc2)CC1. The molecule has 28 heavy (non-hydrogen) atoms. The Kier molecular flexibility index (Phi) is 5.21. The van der Waals surface area contributed by atoms with E-state index in [4.69, 9.17) is 11.6 Å². The highest BCUT2D eigenvalue weighted by atomic mass is 35.5. The number of carbonyl (C=O) groups is 1. The maximum absolute atomic E-state index is 13.1. The van der Waals surface area contributed by atoms with Crippen molar-refractivity contribution in [1.82, 2.24) is 25.1 Å². The normalized spacial score (nSPS) is 14.4. The number of benzene rings is 2. The molecule has 0 radical (unpaired) electrons. The number of tetrazole rings is 1. The summed E-state index contributed by atoms with van der Waals surface area (Å²) in [7, 11) is 0. The van der Waals surface area contributed by atoms with Crippen LogP contribution in [0.15, 0.2) is 48.5 Å². The summed E-state index contributed by atoms with van der Waals surface area (Å²) in [5, 5.41) is 12.8. The molecule has 1 aliphatic rings. The Balaban J connectivity index is 1.35. The average Bonchev–Trinajstić information content (AvgIpc) is 3.17. The number of carbonyl (C=O) groups excluding carboxylic acids is 1. The number of halogens is 2. The van der Waals surface area contributed by atoms with Gasteiger partial charge in [-0.25, -0.2) is 4.39 Å². The minimum atomic E-state index is -0.256. The lowest BCUT2D eigenvalue weighted by Crippen LogP contribution is -2.49. The van der Waals surface area contributed by atoms with Crippen LogP contribution in [0.5, 0.6) is 0 Å². The van der Waals surface area contributed by atoms with E-state index < -0.39 is 0 Å². The standard InChI is InChI=1S/C19H18ClFN6O/c20-17-4-2-1-3-16(17)19-22-24-27(23-19)13-18(28)26-11-9-25(10-12-26)15-7-5-14(21)6-8-15/h1-8H,9-13H2. The fraction of sp³-hybridized carbons (Fsp3) is 0.263. The highest BCUT2D eigenvalue weighted by Crippen LogP contribution is 2.23. The summed E-state index contributed by atoms with van der Waals surface area (Å²) >= 11 is 6.15. The topological polar surface area (TPSA) is 67.2 Å². The fourth-order valence-electron chi connectivity index (χ4n) is 3.15. The van der Waals surface area contributed by atoms with Gasteiger partial charge in [-0.3, -0.25) is 4.79 Å².